The van der Waals surface area contributed by atoms with Crippen molar-refractivity contribution in [2.75, 3.05) is 0 Å². The zero-order chi connectivity index (χ0) is 21.7. The monoisotopic (exact) mass is 410 g/mol. The predicted molar refractivity (Wildman–Crippen MR) is 116 cm³/mol. The summed E-state index contributed by atoms with van der Waals surface area (Å²) in [5.74, 6) is 0.0831. The second-order valence-corrected chi connectivity index (χ2v) is 11.0. The Balaban J connectivity index is -0.000000411. The summed E-state index contributed by atoms with van der Waals surface area (Å²) in [5, 5.41) is 0. The van der Waals surface area contributed by atoms with Crippen molar-refractivity contribution >= 4 is 60.9 Å². The molecule has 27 heavy (non-hydrogen) atoms. The Hall–Kier alpha value is -0.0603. The van der Waals surface area contributed by atoms with Gasteiger partial charge in [0.15, 0.2) is 0 Å². The molecule has 0 aliphatic rings. The number of rotatable bonds is 4. The summed E-state index contributed by atoms with van der Waals surface area (Å²) in [5.41, 5.74) is -1.61. The molecular formula is C22H42CaO4. The molecule has 0 amide bonds. The molecule has 0 aliphatic carbocycles. The van der Waals surface area contributed by atoms with Crippen LogP contribution in [0.25, 0.3) is 0 Å². The third-order valence-electron chi connectivity index (χ3n) is 3.99. The molecule has 0 aromatic rings. The van der Waals surface area contributed by atoms with Crippen LogP contribution in [0.3, 0.4) is 0 Å². The SMILES string of the molecule is CC(C)(C)C(=O)CC(=O)C(C)(C)C.CC(C)(C)C(=O)CC(=O)C(C)(C)C.[CaH2]. The molecule has 5 heteroatoms. The summed E-state index contributed by atoms with van der Waals surface area (Å²) < 4.78 is 0. The Morgan fingerprint density at radius 3 is 0.593 bits per heavy atom. The van der Waals surface area contributed by atoms with E-state index in [2.05, 4.69) is 0 Å². The Labute approximate surface area is 196 Å². The van der Waals surface area contributed by atoms with Gasteiger partial charge in [-0.3, -0.25) is 19.2 Å². The molecule has 0 N–H and O–H groups in total. The first-order valence-corrected chi connectivity index (χ1v) is 9.23. The van der Waals surface area contributed by atoms with E-state index >= 15 is 0 Å². The van der Waals surface area contributed by atoms with E-state index in [1.165, 1.54) is 0 Å². The summed E-state index contributed by atoms with van der Waals surface area (Å²) in [6, 6.07) is 0. The average Bonchev–Trinajstić information content (AvgIpc) is 2.34. The number of ketones is 4. The quantitative estimate of drug-likeness (QED) is 0.512. The van der Waals surface area contributed by atoms with Gasteiger partial charge in [0.1, 0.15) is 23.1 Å². The van der Waals surface area contributed by atoms with Gasteiger partial charge in [-0.25, -0.2) is 0 Å². The fourth-order valence-electron chi connectivity index (χ4n) is 1.35. The molecule has 156 valence electrons. The maximum absolute atomic E-state index is 11.5. The number of Topliss-reactive ketones (excluding diaryl/α,β-unsaturated/α-hetero) is 4. The average molecular weight is 411 g/mol. The number of hydrogen-bond acceptors (Lipinski definition) is 4. The minimum atomic E-state index is -0.402. The van der Waals surface area contributed by atoms with Crippen molar-refractivity contribution in [1.29, 1.82) is 0 Å². The third kappa shape index (κ3) is 14.6. The number of hydrogen-bond donors (Lipinski definition) is 0. The molecule has 0 saturated carbocycles. The van der Waals surface area contributed by atoms with Crippen LogP contribution in [0.15, 0.2) is 0 Å². The molecule has 0 fully saturated rings. The fourth-order valence-corrected chi connectivity index (χ4v) is 1.35. The van der Waals surface area contributed by atoms with Crippen LogP contribution in [0, 0.1) is 21.7 Å². The van der Waals surface area contributed by atoms with Crippen LogP contribution in [-0.2, 0) is 19.2 Å². The summed E-state index contributed by atoms with van der Waals surface area (Å²) >= 11 is 0. The Bertz CT molecular complexity index is 435. The van der Waals surface area contributed by atoms with Gasteiger partial charge in [0, 0.05) is 21.7 Å². The molecule has 0 saturated heterocycles. The van der Waals surface area contributed by atoms with E-state index < -0.39 is 21.7 Å². The van der Waals surface area contributed by atoms with Gasteiger partial charge in [-0.05, 0) is 0 Å². The maximum atomic E-state index is 11.5. The molecule has 0 rings (SSSR count). The normalized spacial score (nSPS) is 12.3. The molecule has 4 nitrogen and oxygen atoms in total. The predicted octanol–water partition coefficient (Wildman–Crippen LogP) is 4.30. The molecule has 0 unspecified atom stereocenters. The zero-order valence-electron chi connectivity index (χ0n) is 19.0. The van der Waals surface area contributed by atoms with Crippen molar-refractivity contribution in [2.24, 2.45) is 21.7 Å². The first-order chi connectivity index (χ1) is 11.1. The van der Waals surface area contributed by atoms with Crippen LogP contribution in [0.4, 0.5) is 0 Å². The van der Waals surface area contributed by atoms with Crippen LogP contribution in [-0.4, -0.2) is 60.9 Å². The van der Waals surface area contributed by atoms with Crippen molar-refractivity contribution in [3.05, 3.63) is 0 Å². The first-order valence-electron chi connectivity index (χ1n) is 9.23. The topological polar surface area (TPSA) is 68.3 Å². The van der Waals surface area contributed by atoms with E-state index in [-0.39, 0.29) is 73.7 Å². The standard InChI is InChI=1S/2C11H20O2.Ca.2H/c2*1-10(2,3)8(12)7-9(13)11(4,5)6;;;/h2*7H2,1-6H3;;;. The summed E-state index contributed by atoms with van der Waals surface area (Å²) in [4.78, 5) is 46.0. The van der Waals surface area contributed by atoms with Gasteiger partial charge in [-0.15, -0.1) is 0 Å². The van der Waals surface area contributed by atoms with E-state index in [1.807, 2.05) is 83.1 Å². The first kappa shape index (κ1) is 31.6. The number of carbonyl (C=O) groups is 4. The molecule has 0 radical (unpaired) electrons. The van der Waals surface area contributed by atoms with E-state index in [1.54, 1.807) is 0 Å². The Kier molecular flexibility index (Phi) is 13.1. The second kappa shape index (κ2) is 11.2. The second-order valence-electron chi connectivity index (χ2n) is 11.0. The van der Waals surface area contributed by atoms with Crippen LogP contribution >= 0.6 is 0 Å². The molecule has 0 aliphatic heterocycles. The third-order valence-corrected chi connectivity index (χ3v) is 3.99. The Morgan fingerprint density at radius 1 is 0.407 bits per heavy atom. The minimum absolute atomic E-state index is 0. The van der Waals surface area contributed by atoms with Crippen LogP contribution in [0.2, 0.25) is 0 Å². The van der Waals surface area contributed by atoms with E-state index in [9.17, 15) is 19.2 Å². The molecule has 0 spiro atoms. The molecule has 0 aromatic heterocycles. The van der Waals surface area contributed by atoms with Crippen LogP contribution in [0.1, 0.15) is 95.9 Å². The Morgan fingerprint density at radius 2 is 0.519 bits per heavy atom. The van der Waals surface area contributed by atoms with Crippen molar-refractivity contribution in [1.82, 2.24) is 0 Å². The molecule has 0 atom stereocenters. The molecule has 0 bridgehead atoms. The summed E-state index contributed by atoms with van der Waals surface area (Å²) in [6.45, 7) is 22.1. The number of carbonyl (C=O) groups excluding carboxylic acids is 4. The molecule has 0 heterocycles. The zero-order valence-corrected chi connectivity index (χ0v) is 19.0. The van der Waals surface area contributed by atoms with E-state index in [0.717, 1.165) is 0 Å². The van der Waals surface area contributed by atoms with E-state index in [4.69, 9.17) is 0 Å². The van der Waals surface area contributed by atoms with Gasteiger partial charge in [0.25, 0.3) is 0 Å². The van der Waals surface area contributed by atoms with Crippen molar-refractivity contribution in [3.63, 3.8) is 0 Å². The fraction of sp³-hybridized carbons (Fsp3) is 0.818. The van der Waals surface area contributed by atoms with Gasteiger partial charge in [0.2, 0.25) is 0 Å². The van der Waals surface area contributed by atoms with Gasteiger partial charge >= 0.3 is 37.7 Å². The molecule has 0 aromatic carbocycles. The van der Waals surface area contributed by atoms with Gasteiger partial charge in [-0.2, -0.15) is 0 Å². The van der Waals surface area contributed by atoms with Gasteiger partial charge in [0.05, 0.1) is 12.8 Å². The van der Waals surface area contributed by atoms with Crippen molar-refractivity contribution in [2.45, 2.75) is 95.9 Å². The summed E-state index contributed by atoms with van der Waals surface area (Å²) in [7, 11) is 0. The van der Waals surface area contributed by atoms with Gasteiger partial charge in [-0.1, -0.05) is 83.1 Å². The van der Waals surface area contributed by atoms with Gasteiger partial charge < -0.3 is 0 Å². The van der Waals surface area contributed by atoms with Crippen LogP contribution in [0.5, 0.6) is 0 Å². The molecular weight excluding hydrogens is 368 g/mol. The van der Waals surface area contributed by atoms with E-state index in [0.29, 0.717) is 0 Å². The van der Waals surface area contributed by atoms with Crippen molar-refractivity contribution < 1.29 is 19.2 Å². The van der Waals surface area contributed by atoms with Crippen molar-refractivity contribution in [3.8, 4) is 0 Å². The van der Waals surface area contributed by atoms with Crippen LogP contribution < -0.4 is 0 Å². The summed E-state index contributed by atoms with van der Waals surface area (Å²) in [6.07, 6.45) is 0.125.